The van der Waals surface area contributed by atoms with Gasteiger partial charge in [0.1, 0.15) is 5.75 Å². The summed E-state index contributed by atoms with van der Waals surface area (Å²) in [5.74, 6) is 0.164. The highest BCUT2D eigenvalue weighted by Gasteiger charge is 2.12. The van der Waals surface area contributed by atoms with Gasteiger partial charge in [0.05, 0.1) is 19.3 Å². The Hall–Kier alpha value is -2.30. The van der Waals surface area contributed by atoms with Crippen molar-refractivity contribution in [1.29, 1.82) is 0 Å². The highest BCUT2D eigenvalue weighted by molar-refractivity contribution is 6.11. The zero-order valence-corrected chi connectivity index (χ0v) is 11.3. The van der Waals surface area contributed by atoms with Gasteiger partial charge in [-0.15, -0.1) is 0 Å². The minimum atomic E-state index is -0.407. The van der Waals surface area contributed by atoms with Crippen LogP contribution in [0, 0.1) is 0 Å². The summed E-state index contributed by atoms with van der Waals surface area (Å²) >= 11 is 0. The average Bonchev–Trinajstić information content (AvgIpc) is 2.44. The number of esters is 1. The van der Waals surface area contributed by atoms with Crippen molar-refractivity contribution in [2.24, 2.45) is 10.7 Å². The maximum Gasteiger partial charge on any atom is 0.337 e. The molecular formula is C14H18N2O3. The van der Waals surface area contributed by atoms with Crippen molar-refractivity contribution < 1.29 is 14.3 Å². The quantitative estimate of drug-likeness (QED) is 0.649. The fraction of sp³-hybridized carbons (Fsp3) is 0.286. The predicted molar refractivity (Wildman–Crippen MR) is 75.5 cm³/mol. The number of nitrogens with zero attached hydrogens (tertiary/aromatic N) is 1. The van der Waals surface area contributed by atoms with Gasteiger partial charge in [0.25, 0.3) is 0 Å². The molecule has 2 N–H and O–H groups in total. The van der Waals surface area contributed by atoms with Crippen LogP contribution in [0.5, 0.6) is 5.75 Å². The van der Waals surface area contributed by atoms with Crippen LogP contribution in [0.25, 0.3) is 5.57 Å². The van der Waals surface area contributed by atoms with E-state index in [4.69, 9.17) is 10.5 Å². The summed E-state index contributed by atoms with van der Waals surface area (Å²) in [6.45, 7) is 2.35. The highest BCUT2D eigenvalue weighted by atomic mass is 16.5. The van der Waals surface area contributed by atoms with E-state index in [-0.39, 0.29) is 0 Å². The molecule has 5 nitrogen and oxygen atoms in total. The number of benzene rings is 1. The summed E-state index contributed by atoms with van der Waals surface area (Å²) in [6.07, 6.45) is 3.08. The van der Waals surface area contributed by atoms with Crippen LogP contribution in [-0.2, 0) is 4.74 Å². The van der Waals surface area contributed by atoms with E-state index in [1.165, 1.54) is 13.3 Å². The van der Waals surface area contributed by atoms with Crippen LogP contribution in [0.2, 0.25) is 0 Å². The molecule has 1 aromatic carbocycles. The molecule has 0 spiro atoms. The summed E-state index contributed by atoms with van der Waals surface area (Å²) in [6, 6.07) is 5.06. The smallest absolute Gasteiger partial charge is 0.337 e. The third-order valence-electron chi connectivity index (χ3n) is 2.46. The molecule has 1 aromatic rings. The van der Waals surface area contributed by atoms with E-state index >= 15 is 0 Å². The first-order valence-corrected chi connectivity index (χ1v) is 5.87. The number of rotatable bonds is 5. The average molecular weight is 262 g/mol. The standard InChI is InChI=1S/C14H18N2O3/c1-4-19-13-7-10(14(17)18-3)5-6-12(13)11(8-15)9-16-2/h5-9H,4,15H2,1-3H3. The number of nitrogens with two attached hydrogens (primary N) is 1. The van der Waals surface area contributed by atoms with Crippen LogP contribution >= 0.6 is 0 Å². The van der Waals surface area contributed by atoms with Gasteiger partial charge in [0.2, 0.25) is 0 Å². The number of ether oxygens (including phenoxy) is 2. The fourth-order valence-corrected chi connectivity index (χ4v) is 1.62. The summed E-state index contributed by atoms with van der Waals surface area (Å²) in [4.78, 5) is 15.4. The molecule has 0 amide bonds. The lowest BCUT2D eigenvalue weighted by Crippen LogP contribution is -2.04. The van der Waals surface area contributed by atoms with E-state index in [0.29, 0.717) is 17.9 Å². The summed E-state index contributed by atoms with van der Waals surface area (Å²) in [7, 11) is 3.00. The molecule has 0 aromatic heterocycles. The molecule has 0 bridgehead atoms. The molecule has 0 heterocycles. The van der Waals surface area contributed by atoms with Crippen LogP contribution < -0.4 is 10.5 Å². The van der Waals surface area contributed by atoms with Gasteiger partial charge in [-0.05, 0) is 25.1 Å². The number of aliphatic imine (C=N–C) groups is 1. The molecule has 0 unspecified atom stereocenters. The van der Waals surface area contributed by atoms with Crippen LogP contribution in [0.3, 0.4) is 0 Å². The Kier molecular flexibility index (Phi) is 5.60. The third kappa shape index (κ3) is 3.58. The number of carbonyl (C=O) groups excluding carboxylic acids is 1. The number of allylic oxidation sites excluding steroid dienone is 1. The van der Waals surface area contributed by atoms with Crippen molar-refractivity contribution in [3.8, 4) is 5.75 Å². The van der Waals surface area contributed by atoms with Crippen LogP contribution in [0.15, 0.2) is 29.4 Å². The topological polar surface area (TPSA) is 73.9 Å². The number of hydrogen-bond donors (Lipinski definition) is 1. The molecule has 19 heavy (non-hydrogen) atoms. The third-order valence-corrected chi connectivity index (χ3v) is 2.46. The lowest BCUT2D eigenvalue weighted by Gasteiger charge is -2.12. The lowest BCUT2D eigenvalue weighted by atomic mass is 10.0. The Labute approximate surface area is 112 Å². The van der Waals surface area contributed by atoms with Crippen LogP contribution in [0.1, 0.15) is 22.8 Å². The highest BCUT2D eigenvalue weighted by Crippen LogP contribution is 2.26. The van der Waals surface area contributed by atoms with Crippen LogP contribution in [-0.4, -0.2) is 32.9 Å². The monoisotopic (exact) mass is 262 g/mol. The maximum absolute atomic E-state index is 11.5. The second-order valence-electron chi connectivity index (χ2n) is 3.64. The summed E-state index contributed by atoms with van der Waals surface area (Å²) < 4.78 is 10.2. The number of hydrogen-bond acceptors (Lipinski definition) is 5. The zero-order valence-electron chi connectivity index (χ0n) is 11.3. The largest absolute Gasteiger partial charge is 0.493 e. The Balaban J connectivity index is 3.28. The van der Waals surface area contributed by atoms with E-state index in [2.05, 4.69) is 9.73 Å². The first kappa shape index (κ1) is 14.8. The van der Waals surface area contributed by atoms with Gasteiger partial charge in [-0.2, -0.15) is 0 Å². The van der Waals surface area contributed by atoms with Gasteiger partial charge in [0, 0.05) is 30.6 Å². The fourth-order valence-electron chi connectivity index (χ4n) is 1.62. The zero-order chi connectivity index (χ0) is 14.3. The minimum Gasteiger partial charge on any atom is -0.493 e. The SMILES string of the molecule is CCOc1cc(C(=O)OC)ccc1C(C=NC)=CN. The second-order valence-corrected chi connectivity index (χ2v) is 3.64. The van der Waals surface area contributed by atoms with Gasteiger partial charge in [0.15, 0.2) is 0 Å². The maximum atomic E-state index is 11.5. The molecule has 0 saturated heterocycles. The molecule has 0 fully saturated rings. The molecule has 1 rings (SSSR count). The Morgan fingerprint density at radius 1 is 1.47 bits per heavy atom. The van der Waals surface area contributed by atoms with Crippen molar-refractivity contribution in [1.82, 2.24) is 0 Å². The van der Waals surface area contributed by atoms with E-state index < -0.39 is 5.97 Å². The molecule has 0 saturated carbocycles. The molecule has 0 aliphatic carbocycles. The Morgan fingerprint density at radius 2 is 2.21 bits per heavy atom. The van der Waals surface area contributed by atoms with Crippen molar-refractivity contribution in [2.45, 2.75) is 6.92 Å². The Morgan fingerprint density at radius 3 is 2.74 bits per heavy atom. The van der Waals surface area contributed by atoms with Crippen molar-refractivity contribution in [2.75, 3.05) is 20.8 Å². The van der Waals surface area contributed by atoms with Crippen LogP contribution in [0.4, 0.5) is 0 Å². The summed E-state index contributed by atoms with van der Waals surface area (Å²) in [5, 5.41) is 0. The van der Waals surface area contributed by atoms with Gasteiger partial charge in [-0.25, -0.2) is 4.79 Å². The first-order valence-electron chi connectivity index (χ1n) is 5.87. The van der Waals surface area contributed by atoms with Crippen molar-refractivity contribution in [3.05, 3.63) is 35.5 Å². The second kappa shape index (κ2) is 7.20. The van der Waals surface area contributed by atoms with E-state index in [1.54, 1.807) is 31.5 Å². The lowest BCUT2D eigenvalue weighted by molar-refractivity contribution is 0.0600. The minimum absolute atomic E-state index is 0.407. The first-order chi connectivity index (χ1) is 9.17. The Bertz CT molecular complexity index is 507. The van der Waals surface area contributed by atoms with Crippen molar-refractivity contribution in [3.63, 3.8) is 0 Å². The van der Waals surface area contributed by atoms with E-state index in [0.717, 1.165) is 11.1 Å². The number of methoxy groups -OCH3 is 1. The van der Waals surface area contributed by atoms with Gasteiger partial charge in [-0.1, -0.05) is 0 Å². The van der Waals surface area contributed by atoms with Crippen molar-refractivity contribution >= 4 is 17.8 Å². The number of carbonyl (C=O) groups is 1. The van der Waals surface area contributed by atoms with Gasteiger partial charge >= 0.3 is 5.97 Å². The molecule has 102 valence electrons. The normalized spacial score (nSPS) is 11.6. The molecule has 0 aliphatic heterocycles. The molecule has 0 aliphatic rings. The summed E-state index contributed by atoms with van der Waals surface area (Å²) in [5.41, 5.74) is 7.51. The van der Waals surface area contributed by atoms with Gasteiger partial charge < -0.3 is 15.2 Å². The van der Waals surface area contributed by atoms with Gasteiger partial charge in [-0.3, -0.25) is 4.99 Å². The molecule has 5 heteroatoms. The predicted octanol–water partition coefficient (Wildman–Crippen LogP) is 1.87. The van der Waals surface area contributed by atoms with E-state index in [1.807, 2.05) is 6.92 Å². The molecule has 0 radical (unpaired) electrons. The molecule has 0 atom stereocenters. The van der Waals surface area contributed by atoms with E-state index in [9.17, 15) is 4.79 Å². The molecular weight excluding hydrogens is 244 g/mol.